The van der Waals surface area contributed by atoms with Crippen molar-refractivity contribution in [3.63, 3.8) is 0 Å². The maximum absolute atomic E-state index is 12.0. The first-order chi connectivity index (χ1) is 8.01. The second-order valence-corrected chi connectivity index (χ2v) is 6.31. The van der Waals surface area contributed by atoms with Gasteiger partial charge in [-0.3, -0.25) is 9.40 Å². The standard InChI is InChI=1S/C9H12N4O2S2/c1-13-5-8(4-11-13)12-17(14,15)9-2-7(3-10)6-16-9/h2,4-6,12H,3,10H2,1H3. The van der Waals surface area contributed by atoms with Crippen LogP contribution in [0.5, 0.6) is 0 Å². The fourth-order valence-electron chi connectivity index (χ4n) is 1.28. The molecular formula is C9H12N4O2S2. The molecule has 0 saturated heterocycles. The van der Waals surface area contributed by atoms with E-state index in [9.17, 15) is 8.42 Å². The molecule has 2 aromatic heterocycles. The summed E-state index contributed by atoms with van der Waals surface area (Å²) in [7, 11) is -1.81. The molecule has 17 heavy (non-hydrogen) atoms. The van der Waals surface area contributed by atoms with Crippen molar-refractivity contribution in [2.45, 2.75) is 10.8 Å². The van der Waals surface area contributed by atoms with E-state index in [0.717, 1.165) is 16.9 Å². The SMILES string of the molecule is Cn1cc(NS(=O)(=O)c2cc(CN)cs2)cn1. The number of anilines is 1. The first-order valence-corrected chi connectivity index (χ1v) is 7.16. The monoisotopic (exact) mass is 272 g/mol. The topological polar surface area (TPSA) is 90.0 Å². The van der Waals surface area contributed by atoms with Gasteiger partial charge in [-0.25, -0.2) is 8.42 Å². The van der Waals surface area contributed by atoms with Crippen molar-refractivity contribution in [1.29, 1.82) is 0 Å². The Morgan fingerprint density at radius 3 is 2.88 bits per heavy atom. The van der Waals surface area contributed by atoms with Crippen molar-refractivity contribution in [1.82, 2.24) is 9.78 Å². The number of rotatable bonds is 4. The lowest BCUT2D eigenvalue weighted by Crippen LogP contribution is -2.11. The van der Waals surface area contributed by atoms with E-state index in [1.54, 1.807) is 24.7 Å². The van der Waals surface area contributed by atoms with Crippen molar-refractivity contribution in [3.8, 4) is 0 Å². The van der Waals surface area contributed by atoms with Gasteiger partial charge in [-0.15, -0.1) is 11.3 Å². The summed E-state index contributed by atoms with van der Waals surface area (Å²) in [4.78, 5) is 0. The normalized spacial score (nSPS) is 11.6. The second-order valence-electron chi connectivity index (χ2n) is 3.49. The molecule has 6 nitrogen and oxygen atoms in total. The number of aryl methyl sites for hydroxylation is 1. The zero-order valence-electron chi connectivity index (χ0n) is 9.12. The molecule has 0 atom stereocenters. The van der Waals surface area contributed by atoms with Crippen LogP contribution in [-0.4, -0.2) is 18.2 Å². The minimum atomic E-state index is -3.53. The zero-order chi connectivity index (χ0) is 12.5. The van der Waals surface area contributed by atoms with Crippen LogP contribution in [0.15, 0.2) is 28.0 Å². The van der Waals surface area contributed by atoms with Gasteiger partial charge in [0, 0.05) is 19.8 Å². The first kappa shape index (κ1) is 12.1. The quantitative estimate of drug-likeness (QED) is 0.859. The summed E-state index contributed by atoms with van der Waals surface area (Å²) in [5, 5.41) is 5.62. The van der Waals surface area contributed by atoms with Gasteiger partial charge in [-0.1, -0.05) is 0 Å². The summed E-state index contributed by atoms with van der Waals surface area (Å²) in [5.74, 6) is 0. The van der Waals surface area contributed by atoms with E-state index in [-0.39, 0.29) is 4.21 Å². The van der Waals surface area contributed by atoms with Crippen LogP contribution < -0.4 is 10.5 Å². The van der Waals surface area contributed by atoms with Gasteiger partial charge in [-0.2, -0.15) is 5.10 Å². The van der Waals surface area contributed by atoms with Gasteiger partial charge in [-0.05, 0) is 17.0 Å². The van der Waals surface area contributed by atoms with Crippen LogP contribution in [0.25, 0.3) is 0 Å². The van der Waals surface area contributed by atoms with E-state index in [4.69, 9.17) is 5.73 Å². The Balaban J connectivity index is 2.24. The van der Waals surface area contributed by atoms with Crippen molar-refractivity contribution >= 4 is 27.0 Å². The predicted octanol–water partition coefficient (Wildman–Crippen LogP) is 0.741. The van der Waals surface area contributed by atoms with E-state index in [1.807, 2.05) is 0 Å². The molecule has 0 aromatic carbocycles. The number of hydrogen-bond donors (Lipinski definition) is 2. The van der Waals surface area contributed by atoms with Gasteiger partial charge in [0.1, 0.15) is 4.21 Å². The number of nitrogens with one attached hydrogen (secondary N) is 1. The predicted molar refractivity (Wildman–Crippen MR) is 66.2 cm³/mol. The highest BCUT2D eigenvalue weighted by Crippen LogP contribution is 2.22. The van der Waals surface area contributed by atoms with Crippen LogP contribution in [0.3, 0.4) is 0 Å². The van der Waals surface area contributed by atoms with Crippen LogP contribution in [0, 0.1) is 0 Å². The van der Waals surface area contributed by atoms with Crippen LogP contribution >= 0.6 is 11.3 Å². The molecule has 0 fully saturated rings. The highest BCUT2D eigenvalue weighted by molar-refractivity contribution is 7.94. The molecule has 0 aliphatic heterocycles. The smallest absolute Gasteiger partial charge is 0.271 e. The number of thiophene rings is 1. The molecule has 2 heterocycles. The molecule has 0 bridgehead atoms. The Kier molecular flexibility index (Phi) is 3.18. The molecule has 0 aliphatic carbocycles. The Labute approximate surface area is 103 Å². The van der Waals surface area contributed by atoms with Gasteiger partial charge in [0.25, 0.3) is 10.0 Å². The maximum Gasteiger partial charge on any atom is 0.271 e. The molecule has 2 rings (SSSR count). The van der Waals surface area contributed by atoms with E-state index in [1.165, 1.54) is 10.9 Å². The molecule has 8 heteroatoms. The maximum atomic E-state index is 12.0. The molecule has 0 aliphatic rings. The second kappa shape index (κ2) is 4.47. The van der Waals surface area contributed by atoms with Gasteiger partial charge in [0.05, 0.1) is 11.9 Å². The number of aromatic nitrogens is 2. The minimum Gasteiger partial charge on any atom is -0.326 e. The van der Waals surface area contributed by atoms with Gasteiger partial charge in [0.15, 0.2) is 0 Å². The molecule has 0 radical (unpaired) electrons. The molecule has 0 spiro atoms. The van der Waals surface area contributed by atoms with E-state index in [2.05, 4.69) is 9.82 Å². The average molecular weight is 272 g/mol. The lowest BCUT2D eigenvalue weighted by molar-refractivity contribution is 0.603. The summed E-state index contributed by atoms with van der Waals surface area (Å²) < 4.78 is 28.2. The highest BCUT2D eigenvalue weighted by Gasteiger charge is 2.17. The summed E-state index contributed by atoms with van der Waals surface area (Å²) in [5.41, 5.74) is 6.69. The number of nitrogens with two attached hydrogens (primary N) is 1. The Morgan fingerprint density at radius 1 is 1.59 bits per heavy atom. The number of sulfonamides is 1. The number of nitrogens with zero attached hydrogens (tertiary/aromatic N) is 2. The fraction of sp³-hybridized carbons (Fsp3) is 0.222. The van der Waals surface area contributed by atoms with Crippen molar-refractivity contribution < 1.29 is 8.42 Å². The van der Waals surface area contributed by atoms with E-state index < -0.39 is 10.0 Å². The zero-order valence-corrected chi connectivity index (χ0v) is 10.8. The third kappa shape index (κ3) is 2.65. The van der Waals surface area contributed by atoms with Crippen molar-refractivity contribution in [2.75, 3.05) is 4.72 Å². The Bertz CT molecular complexity index is 614. The fourth-order valence-corrected chi connectivity index (χ4v) is 3.53. The van der Waals surface area contributed by atoms with Crippen LogP contribution in [0.1, 0.15) is 5.56 Å². The third-order valence-corrected chi connectivity index (χ3v) is 4.96. The van der Waals surface area contributed by atoms with Crippen molar-refractivity contribution in [3.05, 3.63) is 29.4 Å². The van der Waals surface area contributed by atoms with Gasteiger partial charge < -0.3 is 5.73 Å². The highest BCUT2D eigenvalue weighted by atomic mass is 32.2. The molecular weight excluding hydrogens is 260 g/mol. The van der Waals surface area contributed by atoms with Crippen LogP contribution in [0.4, 0.5) is 5.69 Å². The average Bonchev–Trinajstić information content (AvgIpc) is 2.86. The number of hydrogen-bond acceptors (Lipinski definition) is 5. The summed E-state index contributed by atoms with van der Waals surface area (Å²) in [6.07, 6.45) is 3.05. The van der Waals surface area contributed by atoms with E-state index in [0.29, 0.717) is 12.2 Å². The van der Waals surface area contributed by atoms with Crippen LogP contribution in [-0.2, 0) is 23.6 Å². The minimum absolute atomic E-state index is 0.252. The van der Waals surface area contributed by atoms with Gasteiger partial charge >= 0.3 is 0 Å². The lowest BCUT2D eigenvalue weighted by Gasteiger charge is -2.02. The largest absolute Gasteiger partial charge is 0.326 e. The molecule has 0 unspecified atom stereocenters. The summed E-state index contributed by atoms with van der Waals surface area (Å²) >= 11 is 1.15. The molecule has 3 N–H and O–H groups in total. The van der Waals surface area contributed by atoms with E-state index >= 15 is 0 Å². The first-order valence-electron chi connectivity index (χ1n) is 4.80. The summed E-state index contributed by atoms with van der Waals surface area (Å²) in [6, 6.07) is 1.57. The Hall–Kier alpha value is -1.38. The summed E-state index contributed by atoms with van der Waals surface area (Å²) in [6.45, 7) is 0.332. The van der Waals surface area contributed by atoms with Gasteiger partial charge in [0.2, 0.25) is 0 Å². The lowest BCUT2D eigenvalue weighted by atomic mass is 10.4. The molecule has 2 aromatic rings. The Morgan fingerprint density at radius 2 is 2.35 bits per heavy atom. The molecule has 0 amide bonds. The van der Waals surface area contributed by atoms with Crippen LogP contribution in [0.2, 0.25) is 0 Å². The third-order valence-electron chi connectivity index (χ3n) is 2.09. The molecule has 92 valence electrons. The van der Waals surface area contributed by atoms with Crippen molar-refractivity contribution in [2.24, 2.45) is 12.8 Å². The molecule has 0 saturated carbocycles.